The molecule has 0 spiro atoms. The second-order valence-corrected chi connectivity index (χ2v) is 4.95. The molecule has 2 aromatic rings. The molecule has 0 aliphatic heterocycles. The quantitative estimate of drug-likeness (QED) is 0.822. The number of hydrogen-bond donors (Lipinski definition) is 1. The lowest BCUT2D eigenvalue weighted by molar-refractivity contribution is 0.0946. The van der Waals surface area contributed by atoms with Crippen molar-refractivity contribution in [1.29, 1.82) is 0 Å². The van der Waals surface area contributed by atoms with Crippen molar-refractivity contribution in [3.63, 3.8) is 0 Å². The van der Waals surface area contributed by atoms with Crippen LogP contribution < -0.4 is 5.32 Å². The Morgan fingerprint density at radius 3 is 3.00 bits per heavy atom. The molecule has 102 valence electrons. The molecule has 0 radical (unpaired) electrons. The zero-order valence-corrected chi connectivity index (χ0v) is 12.3. The van der Waals surface area contributed by atoms with Gasteiger partial charge in [0.05, 0.1) is 10.8 Å². The number of nitrogens with zero attached hydrogens (tertiary/aromatic N) is 4. The van der Waals surface area contributed by atoms with Crippen LogP contribution in [0.3, 0.4) is 0 Å². The highest BCUT2D eigenvalue weighted by Gasteiger charge is 2.13. The fourth-order valence-corrected chi connectivity index (χ4v) is 2.17. The Morgan fingerprint density at radius 1 is 1.53 bits per heavy atom. The first kappa shape index (κ1) is 13.8. The molecule has 0 aliphatic rings. The Kier molecular flexibility index (Phi) is 4.73. The van der Waals surface area contributed by atoms with Crippen LogP contribution in [-0.4, -0.2) is 31.8 Å². The summed E-state index contributed by atoms with van der Waals surface area (Å²) in [6.45, 7) is 4.17. The van der Waals surface area contributed by atoms with Gasteiger partial charge < -0.3 is 9.88 Å². The maximum absolute atomic E-state index is 11.9. The zero-order chi connectivity index (χ0) is 13.7. The highest BCUT2D eigenvalue weighted by Crippen LogP contribution is 2.14. The van der Waals surface area contributed by atoms with Crippen molar-refractivity contribution < 1.29 is 4.79 Å². The SMILES string of the molecule is CCn1cc(Br)c(C(=O)NCCCn2ccnc2)n1. The number of imidazole rings is 1. The third-order valence-corrected chi connectivity index (χ3v) is 3.27. The minimum Gasteiger partial charge on any atom is -0.351 e. The lowest BCUT2D eigenvalue weighted by Crippen LogP contribution is -2.26. The van der Waals surface area contributed by atoms with Gasteiger partial charge in [0.25, 0.3) is 5.91 Å². The molecule has 2 rings (SSSR count). The average Bonchev–Trinajstić information content (AvgIpc) is 3.03. The third kappa shape index (κ3) is 3.66. The van der Waals surface area contributed by atoms with Gasteiger partial charge in [0.15, 0.2) is 5.69 Å². The van der Waals surface area contributed by atoms with E-state index in [1.54, 1.807) is 23.4 Å². The molecule has 6 nitrogen and oxygen atoms in total. The molecule has 0 atom stereocenters. The lowest BCUT2D eigenvalue weighted by atomic mass is 10.3. The molecular weight excluding hydrogens is 310 g/mol. The van der Waals surface area contributed by atoms with Crippen molar-refractivity contribution in [2.45, 2.75) is 26.4 Å². The number of nitrogens with one attached hydrogen (secondary N) is 1. The molecule has 1 N–H and O–H groups in total. The summed E-state index contributed by atoms with van der Waals surface area (Å²) in [5.41, 5.74) is 0.435. The number of halogens is 1. The van der Waals surface area contributed by atoms with Gasteiger partial charge in [-0.2, -0.15) is 5.10 Å². The van der Waals surface area contributed by atoms with Crippen LogP contribution in [-0.2, 0) is 13.1 Å². The van der Waals surface area contributed by atoms with Gasteiger partial charge in [0, 0.05) is 38.2 Å². The second-order valence-electron chi connectivity index (χ2n) is 4.09. The largest absolute Gasteiger partial charge is 0.351 e. The molecule has 7 heteroatoms. The summed E-state index contributed by atoms with van der Waals surface area (Å²) in [7, 11) is 0. The maximum Gasteiger partial charge on any atom is 0.272 e. The number of hydrogen-bond acceptors (Lipinski definition) is 3. The normalized spacial score (nSPS) is 10.6. The molecule has 0 bridgehead atoms. The number of rotatable bonds is 6. The number of carbonyl (C=O) groups is 1. The molecule has 2 heterocycles. The van der Waals surface area contributed by atoms with Crippen LogP contribution in [0, 0.1) is 0 Å². The number of carbonyl (C=O) groups excluding carboxylic acids is 1. The summed E-state index contributed by atoms with van der Waals surface area (Å²) in [6.07, 6.45) is 8.07. The van der Waals surface area contributed by atoms with Crippen molar-refractivity contribution in [2.24, 2.45) is 0 Å². The molecule has 0 fully saturated rings. The molecule has 0 unspecified atom stereocenters. The maximum atomic E-state index is 11.9. The Hall–Kier alpha value is -1.63. The molecule has 0 saturated heterocycles. The van der Waals surface area contributed by atoms with Gasteiger partial charge in [-0.25, -0.2) is 4.98 Å². The van der Waals surface area contributed by atoms with Crippen molar-refractivity contribution in [3.05, 3.63) is 35.1 Å². The molecular formula is C12H16BrN5O. The Morgan fingerprint density at radius 2 is 2.37 bits per heavy atom. The summed E-state index contributed by atoms with van der Waals surface area (Å²) in [6, 6.07) is 0. The van der Waals surface area contributed by atoms with Crippen LogP contribution in [0.4, 0.5) is 0 Å². The highest BCUT2D eigenvalue weighted by atomic mass is 79.9. The van der Waals surface area contributed by atoms with Crippen LogP contribution in [0.15, 0.2) is 29.4 Å². The lowest BCUT2D eigenvalue weighted by Gasteiger charge is -2.04. The standard InChI is InChI=1S/C12H16BrN5O/c1-2-18-8-10(13)11(16-18)12(19)15-4-3-6-17-7-5-14-9-17/h5,7-9H,2-4,6H2,1H3,(H,15,19). The van der Waals surface area contributed by atoms with E-state index in [-0.39, 0.29) is 5.91 Å². The van der Waals surface area contributed by atoms with E-state index in [9.17, 15) is 4.79 Å². The molecule has 0 aliphatic carbocycles. The van der Waals surface area contributed by atoms with Crippen molar-refractivity contribution in [1.82, 2.24) is 24.6 Å². The minimum absolute atomic E-state index is 0.148. The predicted molar refractivity (Wildman–Crippen MR) is 74.8 cm³/mol. The third-order valence-electron chi connectivity index (χ3n) is 2.69. The molecule has 1 amide bonds. The topological polar surface area (TPSA) is 64.7 Å². The van der Waals surface area contributed by atoms with Crippen molar-refractivity contribution >= 4 is 21.8 Å². The minimum atomic E-state index is -0.148. The van der Waals surface area contributed by atoms with Gasteiger partial charge in [0.2, 0.25) is 0 Å². The molecule has 2 aromatic heterocycles. The van der Waals surface area contributed by atoms with Gasteiger partial charge in [-0.3, -0.25) is 9.48 Å². The fourth-order valence-electron chi connectivity index (χ4n) is 1.68. The highest BCUT2D eigenvalue weighted by molar-refractivity contribution is 9.10. The van der Waals surface area contributed by atoms with Gasteiger partial charge in [-0.1, -0.05) is 0 Å². The molecule has 0 saturated carbocycles. The van der Waals surface area contributed by atoms with Crippen molar-refractivity contribution in [2.75, 3.05) is 6.54 Å². The van der Waals surface area contributed by atoms with Crippen LogP contribution in [0.1, 0.15) is 23.8 Å². The molecule has 0 aromatic carbocycles. The number of amides is 1. The number of aryl methyl sites for hydroxylation is 2. The monoisotopic (exact) mass is 325 g/mol. The van der Waals surface area contributed by atoms with Crippen LogP contribution in [0.5, 0.6) is 0 Å². The van der Waals surface area contributed by atoms with E-state index in [0.717, 1.165) is 24.0 Å². The van der Waals surface area contributed by atoms with E-state index in [1.165, 1.54) is 0 Å². The van der Waals surface area contributed by atoms with E-state index >= 15 is 0 Å². The van der Waals surface area contributed by atoms with E-state index in [2.05, 4.69) is 31.3 Å². The zero-order valence-electron chi connectivity index (χ0n) is 10.7. The summed E-state index contributed by atoms with van der Waals surface area (Å²) < 4.78 is 4.43. The second kappa shape index (κ2) is 6.51. The first-order valence-electron chi connectivity index (χ1n) is 6.17. The van der Waals surface area contributed by atoms with Gasteiger partial charge in [-0.05, 0) is 29.3 Å². The summed E-state index contributed by atoms with van der Waals surface area (Å²) in [5, 5.41) is 7.06. The van der Waals surface area contributed by atoms with Crippen LogP contribution in [0.2, 0.25) is 0 Å². The van der Waals surface area contributed by atoms with E-state index < -0.39 is 0 Å². The Bertz CT molecular complexity index is 534. The molecule has 19 heavy (non-hydrogen) atoms. The van der Waals surface area contributed by atoms with E-state index in [1.807, 2.05) is 17.7 Å². The van der Waals surface area contributed by atoms with E-state index in [0.29, 0.717) is 12.2 Å². The van der Waals surface area contributed by atoms with Gasteiger partial charge >= 0.3 is 0 Å². The summed E-state index contributed by atoms with van der Waals surface area (Å²) in [4.78, 5) is 15.9. The Labute approximate surface area is 120 Å². The summed E-state index contributed by atoms with van der Waals surface area (Å²) >= 11 is 3.34. The van der Waals surface area contributed by atoms with Crippen LogP contribution in [0.25, 0.3) is 0 Å². The van der Waals surface area contributed by atoms with Gasteiger partial charge in [-0.15, -0.1) is 0 Å². The first-order valence-corrected chi connectivity index (χ1v) is 6.97. The number of aromatic nitrogens is 4. The fraction of sp³-hybridized carbons (Fsp3) is 0.417. The summed E-state index contributed by atoms with van der Waals surface area (Å²) in [5.74, 6) is -0.148. The van der Waals surface area contributed by atoms with E-state index in [4.69, 9.17) is 0 Å². The van der Waals surface area contributed by atoms with Gasteiger partial charge in [0.1, 0.15) is 0 Å². The predicted octanol–water partition coefficient (Wildman–Crippen LogP) is 1.68. The smallest absolute Gasteiger partial charge is 0.272 e. The Balaban J connectivity index is 1.79. The first-order chi connectivity index (χ1) is 9.20. The average molecular weight is 326 g/mol. The van der Waals surface area contributed by atoms with Crippen LogP contribution >= 0.6 is 15.9 Å². The van der Waals surface area contributed by atoms with Crippen molar-refractivity contribution in [3.8, 4) is 0 Å².